The van der Waals surface area contributed by atoms with Crippen molar-refractivity contribution in [3.05, 3.63) is 35.9 Å². The fraction of sp³-hybridized carbons (Fsp3) is 0.500. The summed E-state index contributed by atoms with van der Waals surface area (Å²) in [6.45, 7) is 4.18. The van der Waals surface area contributed by atoms with Gasteiger partial charge in [-0.05, 0) is 18.4 Å². The van der Waals surface area contributed by atoms with Gasteiger partial charge in [-0.15, -0.1) is 0 Å². The van der Waals surface area contributed by atoms with Gasteiger partial charge in [-0.25, -0.2) is 0 Å². The van der Waals surface area contributed by atoms with Crippen molar-refractivity contribution in [3.63, 3.8) is 0 Å². The summed E-state index contributed by atoms with van der Waals surface area (Å²) in [5.74, 6) is -0.315. The lowest BCUT2D eigenvalue weighted by atomic mass is 9.94. The van der Waals surface area contributed by atoms with Crippen molar-refractivity contribution in [2.75, 3.05) is 0 Å². The molecule has 0 fully saturated rings. The molecule has 1 rings (SSSR count). The van der Waals surface area contributed by atoms with Crippen LogP contribution >= 0.6 is 0 Å². The number of Topliss-reactive ketones (excluding diaryl/α,β-unsaturated/α-hetero) is 1. The zero-order chi connectivity index (χ0) is 14.1. The third-order valence-corrected chi connectivity index (χ3v) is 3.10. The lowest BCUT2D eigenvalue weighted by Gasteiger charge is -2.12. The number of carbonyl (C=O) groups excluding carboxylic acids is 2. The Morgan fingerprint density at radius 1 is 1.16 bits per heavy atom. The highest BCUT2D eigenvalue weighted by atomic mass is 16.5. The SMILES string of the molecule is CCCC(=O)C(CC)CC(=O)OCc1ccccc1. The van der Waals surface area contributed by atoms with Gasteiger partial charge in [0.1, 0.15) is 12.4 Å². The minimum absolute atomic E-state index is 0.168. The van der Waals surface area contributed by atoms with Crippen LogP contribution in [0.3, 0.4) is 0 Å². The molecule has 3 heteroatoms. The van der Waals surface area contributed by atoms with E-state index in [1.165, 1.54) is 0 Å². The molecule has 0 amide bonds. The highest BCUT2D eigenvalue weighted by Crippen LogP contribution is 2.14. The maximum Gasteiger partial charge on any atom is 0.306 e. The number of esters is 1. The molecule has 1 unspecified atom stereocenters. The Morgan fingerprint density at radius 2 is 1.84 bits per heavy atom. The number of ether oxygens (including phenoxy) is 1. The quantitative estimate of drug-likeness (QED) is 0.673. The first-order chi connectivity index (χ1) is 9.17. The summed E-state index contributed by atoms with van der Waals surface area (Å²) in [6.07, 6.45) is 2.26. The van der Waals surface area contributed by atoms with Crippen molar-refractivity contribution in [2.45, 2.75) is 46.1 Å². The number of carbonyl (C=O) groups is 2. The Hall–Kier alpha value is -1.64. The van der Waals surface area contributed by atoms with E-state index < -0.39 is 0 Å². The molecule has 0 saturated heterocycles. The maximum absolute atomic E-state index is 11.8. The fourth-order valence-corrected chi connectivity index (χ4v) is 1.93. The molecule has 0 aliphatic carbocycles. The van der Waals surface area contributed by atoms with Gasteiger partial charge in [0.25, 0.3) is 0 Å². The van der Waals surface area contributed by atoms with Crippen molar-refractivity contribution in [1.82, 2.24) is 0 Å². The molecule has 3 nitrogen and oxygen atoms in total. The van der Waals surface area contributed by atoms with Gasteiger partial charge in [0.15, 0.2) is 0 Å². The van der Waals surface area contributed by atoms with Gasteiger partial charge in [0.05, 0.1) is 6.42 Å². The number of hydrogen-bond donors (Lipinski definition) is 0. The summed E-state index contributed by atoms with van der Waals surface area (Å²) < 4.78 is 5.20. The molecule has 104 valence electrons. The van der Waals surface area contributed by atoms with E-state index >= 15 is 0 Å². The molecule has 1 aromatic rings. The van der Waals surface area contributed by atoms with Crippen LogP contribution in [0.2, 0.25) is 0 Å². The molecule has 0 aliphatic heterocycles. The fourth-order valence-electron chi connectivity index (χ4n) is 1.93. The molecule has 0 saturated carbocycles. The van der Waals surface area contributed by atoms with E-state index in [1.54, 1.807) is 0 Å². The van der Waals surface area contributed by atoms with Gasteiger partial charge in [-0.2, -0.15) is 0 Å². The van der Waals surface area contributed by atoms with Crippen molar-refractivity contribution in [2.24, 2.45) is 5.92 Å². The van der Waals surface area contributed by atoms with Crippen LogP contribution < -0.4 is 0 Å². The first kappa shape index (κ1) is 15.4. The van der Waals surface area contributed by atoms with Crippen LogP contribution in [0.5, 0.6) is 0 Å². The monoisotopic (exact) mass is 262 g/mol. The second-order valence-electron chi connectivity index (χ2n) is 4.67. The normalized spacial score (nSPS) is 11.9. The molecule has 0 aliphatic rings. The molecular formula is C16H22O3. The molecule has 1 atom stereocenters. The molecule has 1 aromatic carbocycles. The Bertz CT molecular complexity index is 398. The van der Waals surface area contributed by atoms with Gasteiger partial charge in [-0.1, -0.05) is 44.2 Å². The van der Waals surface area contributed by atoms with Crippen LogP contribution in [0, 0.1) is 5.92 Å². The highest BCUT2D eigenvalue weighted by molar-refractivity contribution is 5.85. The maximum atomic E-state index is 11.8. The Labute approximate surface area is 115 Å². The minimum atomic E-state index is -0.292. The summed E-state index contributed by atoms with van der Waals surface area (Å²) in [7, 11) is 0. The Kier molecular flexibility index (Phi) is 6.86. The third kappa shape index (κ3) is 5.69. The van der Waals surface area contributed by atoms with E-state index in [0.717, 1.165) is 12.0 Å². The van der Waals surface area contributed by atoms with E-state index in [9.17, 15) is 9.59 Å². The second-order valence-corrected chi connectivity index (χ2v) is 4.67. The number of benzene rings is 1. The van der Waals surface area contributed by atoms with E-state index in [1.807, 2.05) is 44.2 Å². The van der Waals surface area contributed by atoms with Crippen LogP contribution in [0.1, 0.15) is 45.1 Å². The first-order valence-corrected chi connectivity index (χ1v) is 6.89. The summed E-state index contributed by atoms with van der Waals surface area (Å²) >= 11 is 0. The highest BCUT2D eigenvalue weighted by Gasteiger charge is 2.19. The largest absolute Gasteiger partial charge is 0.461 e. The minimum Gasteiger partial charge on any atom is -0.461 e. The molecule has 0 aromatic heterocycles. The number of ketones is 1. The number of hydrogen-bond acceptors (Lipinski definition) is 3. The average molecular weight is 262 g/mol. The first-order valence-electron chi connectivity index (χ1n) is 6.89. The van der Waals surface area contributed by atoms with E-state index in [4.69, 9.17) is 4.74 Å². The summed E-state index contributed by atoms with van der Waals surface area (Å²) in [5.41, 5.74) is 0.962. The van der Waals surface area contributed by atoms with Crippen LogP contribution in [0.4, 0.5) is 0 Å². The second kappa shape index (κ2) is 8.46. The van der Waals surface area contributed by atoms with Gasteiger partial charge in [0, 0.05) is 12.3 Å². The Morgan fingerprint density at radius 3 is 2.42 bits per heavy atom. The molecule has 0 radical (unpaired) electrons. The van der Waals surface area contributed by atoms with Crippen molar-refractivity contribution in [3.8, 4) is 0 Å². The van der Waals surface area contributed by atoms with Crippen molar-refractivity contribution >= 4 is 11.8 Å². The lowest BCUT2D eigenvalue weighted by Crippen LogP contribution is -2.19. The topological polar surface area (TPSA) is 43.4 Å². The predicted molar refractivity (Wildman–Crippen MR) is 74.6 cm³/mol. The van der Waals surface area contributed by atoms with Gasteiger partial charge in [-0.3, -0.25) is 9.59 Å². The molecular weight excluding hydrogens is 240 g/mol. The predicted octanol–water partition coefficient (Wildman–Crippen LogP) is 3.52. The van der Waals surface area contributed by atoms with E-state index in [0.29, 0.717) is 12.8 Å². The molecule has 0 bridgehead atoms. The van der Waals surface area contributed by atoms with E-state index in [2.05, 4.69) is 0 Å². The summed E-state index contributed by atoms with van der Waals surface area (Å²) in [6, 6.07) is 9.55. The van der Waals surface area contributed by atoms with Crippen LogP contribution in [-0.2, 0) is 20.9 Å². The van der Waals surface area contributed by atoms with Gasteiger partial charge >= 0.3 is 5.97 Å². The molecule has 0 N–H and O–H groups in total. The summed E-state index contributed by atoms with van der Waals surface area (Å²) in [4.78, 5) is 23.5. The molecule has 19 heavy (non-hydrogen) atoms. The van der Waals surface area contributed by atoms with Gasteiger partial charge < -0.3 is 4.74 Å². The van der Waals surface area contributed by atoms with Crippen molar-refractivity contribution in [1.29, 1.82) is 0 Å². The number of rotatable bonds is 8. The van der Waals surface area contributed by atoms with Crippen LogP contribution in [-0.4, -0.2) is 11.8 Å². The third-order valence-electron chi connectivity index (χ3n) is 3.10. The standard InChI is InChI=1S/C16H22O3/c1-3-8-15(17)14(4-2)11-16(18)19-12-13-9-6-5-7-10-13/h5-7,9-10,14H,3-4,8,11-12H2,1-2H3. The zero-order valence-electron chi connectivity index (χ0n) is 11.7. The van der Waals surface area contributed by atoms with E-state index in [-0.39, 0.29) is 30.7 Å². The average Bonchev–Trinajstić information content (AvgIpc) is 2.44. The zero-order valence-corrected chi connectivity index (χ0v) is 11.7. The van der Waals surface area contributed by atoms with Gasteiger partial charge in [0.2, 0.25) is 0 Å². The van der Waals surface area contributed by atoms with Crippen LogP contribution in [0.25, 0.3) is 0 Å². The van der Waals surface area contributed by atoms with Crippen molar-refractivity contribution < 1.29 is 14.3 Å². The Balaban J connectivity index is 2.39. The lowest BCUT2D eigenvalue weighted by molar-refractivity contribution is -0.147. The molecule has 0 spiro atoms. The van der Waals surface area contributed by atoms with Crippen LogP contribution in [0.15, 0.2) is 30.3 Å². The smallest absolute Gasteiger partial charge is 0.306 e. The summed E-state index contributed by atoms with van der Waals surface area (Å²) in [5, 5.41) is 0. The molecule has 0 heterocycles.